The topological polar surface area (TPSA) is 38.1 Å². The van der Waals surface area contributed by atoms with Crippen molar-refractivity contribution < 1.29 is 8.81 Å². The summed E-state index contributed by atoms with van der Waals surface area (Å²) < 4.78 is 18.5. The second kappa shape index (κ2) is 6.38. The number of aromatic nitrogens is 1. The van der Waals surface area contributed by atoms with Gasteiger partial charge in [-0.3, -0.25) is 0 Å². The van der Waals surface area contributed by atoms with E-state index >= 15 is 0 Å². The fourth-order valence-corrected chi connectivity index (χ4v) is 2.51. The molecule has 0 spiro atoms. The van der Waals surface area contributed by atoms with Crippen LogP contribution in [0.3, 0.4) is 0 Å². The smallest absolute Gasteiger partial charge is 0.299 e. The van der Waals surface area contributed by atoms with Gasteiger partial charge in [0.1, 0.15) is 11.6 Å². The summed E-state index contributed by atoms with van der Waals surface area (Å²) >= 11 is 12.3. The molecule has 0 atom stereocenters. The molecule has 3 aromatic rings. The number of halogens is 3. The second-order valence-corrected chi connectivity index (χ2v) is 5.46. The molecule has 1 N–H and O–H groups in total. The lowest BCUT2D eigenvalue weighted by Crippen LogP contribution is -1.90. The maximum atomic E-state index is 12.9. The number of benzene rings is 2. The molecule has 0 bridgehead atoms. The predicted molar refractivity (Wildman–Crippen MR) is 85.5 cm³/mol. The Labute approximate surface area is 136 Å². The second-order valence-electron chi connectivity index (χ2n) is 4.64. The van der Waals surface area contributed by atoms with Crippen LogP contribution in [0.1, 0.15) is 11.3 Å². The van der Waals surface area contributed by atoms with Gasteiger partial charge in [-0.15, -0.1) is 0 Å². The quantitative estimate of drug-likeness (QED) is 0.687. The van der Waals surface area contributed by atoms with Gasteiger partial charge < -0.3 is 9.73 Å². The monoisotopic (exact) mass is 336 g/mol. The third kappa shape index (κ3) is 3.40. The van der Waals surface area contributed by atoms with Crippen LogP contribution < -0.4 is 5.32 Å². The van der Waals surface area contributed by atoms with E-state index in [2.05, 4.69) is 10.3 Å². The van der Waals surface area contributed by atoms with E-state index in [4.69, 9.17) is 27.6 Å². The lowest BCUT2D eigenvalue weighted by atomic mass is 10.1. The summed E-state index contributed by atoms with van der Waals surface area (Å²) in [5, 5.41) is 4.12. The van der Waals surface area contributed by atoms with E-state index in [0.717, 1.165) is 5.56 Å². The van der Waals surface area contributed by atoms with Gasteiger partial charge in [-0.25, -0.2) is 9.37 Å². The average molecular weight is 337 g/mol. The van der Waals surface area contributed by atoms with Crippen molar-refractivity contribution in [1.29, 1.82) is 0 Å². The van der Waals surface area contributed by atoms with E-state index in [0.29, 0.717) is 33.9 Å². The third-order valence-electron chi connectivity index (χ3n) is 3.06. The minimum absolute atomic E-state index is 0.299. The number of anilines is 2. The van der Waals surface area contributed by atoms with Gasteiger partial charge >= 0.3 is 0 Å². The van der Waals surface area contributed by atoms with Crippen molar-refractivity contribution in [3.8, 4) is 0 Å². The van der Waals surface area contributed by atoms with Crippen LogP contribution in [0.25, 0.3) is 0 Å². The van der Waals surface area contributed by atoms with Gasteiger partial charge in [0.2, 0.25) is 0 Å². The van der Waals surface area contributed by atoms with Crippen LogP contribution in [-0.4, -0.2) is 4.98 Å². The number of hydrogen-bond acceptors (Lipinski definition) is 3. The summed E-state index contributed by atoms with van der Waals surface area (Å²) in [6.07, 6.45) is 2.04. The highest BCUT2D eigenvalue weighted by Gasteiger charge is 2.10. The van der Waals surface area contributed by atoms with Crippen LogP contribution >= 0.6 is 23.2 Å². The molecule has 0 radical (unpaired) electrons. The van der Waals surface area contributed by atoms with Gasteiger partial charge in [-0.1, -0.05) is 29.3 Å². The van der Waals surface area contributed by atoms with Gasteiger partial charge in [0, 0.05) is 22.2 Å². The summed E-state index contributed by atoms with van der Waals surface area (Å²) in [6, 6.07) is 11.6. The Balaban J connectivity index is 1.75. The molecule has 6 heteroatoms. The SMILES string of the molecule is Fc1ccc(Nc2ncc(Cc3c(Cl)cccc3Cl)o2)cc1. The first-order chi connectivity index (χ1) is 10.6. The molecule has 2 aromatic carbocycles. The van der Waals surface area contributed by atoms with Crippen molar-refractivity contribution in [2.45, 2.75) is 6.42 Å². The Kier molecular flexibility index (Phi) is 4.32. The molecule has 0 saturated heterocycles. The maximum absolute atomic E-state index is 12.9. The largest absolute Gasteiger partial charge is 0.428 e. The highest BCUT2D eigenvalue weighted by molar-refractivity contribution is 6.36. The van der Waals surface area contributed by atoms with Crippen molar-refractivity contribution in [2.75, 3.05) is 5.32 Å². The summed E-state index contributed by atoms with van der Waals surface area (Å²) in [4.78, 5) is 4.13. The van der Waals surface area contributed by atoms with Crippen molar-refractivity contribution in [2.24, 2.45) is 0 Å². The van der Waals surface area contributed by atoms with Gasteiger partial charge in [0.05, 0.1) is 6.20 Å². The van der Waals surface area contributed by atoms with Crippen molar-refractivity contribution in [3.63, 3.8) is 0 Å². The number of nitrogens with one attached hydrogen (secondary N) is 1. The molecular weight excluding hydrogens is 326 g/mol. The summed E-state index contributed by atoms with van der Waals surface area (Å²) in [5.74, 6) is 0.326. The Morgan fingerprint density at radius 1 is 1.05 bits per heavy atom. The summed E-state index contributed by atoms with van der Waals surface area (Å²) in [6.45, 7) is 0. The number of hydrogen-bond donors (Lipinski definition) is 1. The van der Waals surface area contributed by atoms with Crippen molar-refractivity contribution >= 4 is 34.9 Å². The molecule has 0 aliphatic rings. The molecule has 0 unspecified atom stereocenters. The molecular formula is C16H11Cl2FN2O. The fourth-order valence-electron chi connectivity index (χ4n) is 1.98. The van der Waals surface area contributed by atoms with Gasteiger partial charge in [0.15, 0.2) is 0 Å². The third-order valence-corrected chi connectivity index (χ3v) is 3.77. The van der Waals surface area contributed by atoms with Crippen molar-refractivity contribution in [1.82, 2.24) is 4.98 Å². The van der Waals surface area contributed by atoms with E-state index < -0.39 is 0 Å². The fraction of sp³-hybridized carbons (Fsp3) is 0.0625. The minimum Gasteiger partial charge on any atom is -0.428 e. The molecule has 3 rings (SSSR count). The van der Waals surface area contributed by atoms with Crippen molar-refractivity contribution in [3.05, 3.63) is 75.8 Å². The average Bonchev–Trinajstić information content (AvgIpc) is 2.93. The molecule has 0 aliphatic heterocycles. The zero-order valence-electron chi connectivity index (χ0n) is 11.3. The van der Waals surface area contributed by atoms with Gasteiger partial charge in [-0.05, 0) is 42.0 Å². The van der Waals surface area contributed by atoms with E-state index in [-0.39, 0.29) is 5.82 Å². The Morgan fingerprint density at radius 2 is 1.73 bits per heavy atom. The minimum atomic E-state index is -0.299. The van der Waals surface area contributed by atoms with Crippen LogP contribution in [0.15, 0.2) is 53.1 Å². The zero-order chi connectivity index (χ0) is 15.5. The lowest BCUT2D eigenvalue weighted by Gasteiger charge is -2.04. The Bertz CT molecular complexity index is 767. The van der Waals surface area contributed by atoms with Crippen LogP contribution in [0.5, 0.6) is 0 Å². The Morgan fingerprint density at radius 3 is 2.41 bits per heavy atom. The lowest BCUT2D eigenvalue weighted by molar-refractivity contribution is 0.532. The normalized spacial score (nSPS) is 10.7. The molecule has 22 heavy (non-hydrogen) atoms. The van der Waals surface area contributed by atoms with Gasteiger partial charge in [0.25, 0.3) is 6.01 Å². The van der Waals surface area contributed by atoms with Crippen LogP contribution in [0.4, 0.5) is 16.1 Å². The van der Waals surface area contributed by atoms with E-state index in [9.17, 15) is 4.39 Å². The summed E-state index contributed by atoms with van der Waals surface area (Å²) in [5.41, 5.74) is 1.47. The van der Waals surface area contributed by atoms with E-state index in [1.165, 1.54) is 12.1 Å². The Hall–Kier alpha value is -2.04. The van der Waals surface area contributed by atoms with Crippen LogP contribution in [0.2, 0.25) is 10.0 Å². The highest BCUT2D eigenvalue weighted by atomic mass is 35.5. The van der Waals surface area contributed by atoms with E-state index in [1.54, 1.807) is 36.5 Å². The van der Waals surface area contributed by atoms with Gasteiger partial charge in [-0.2, -0.15) is 0 Å². The van der Waals surface area contributed by atoms with Crippen LogP contribution in [-0.2, 0) is 6.42 Å². The number of nitrogens with zero attached hydrogens (tertiary/aromatic N) is 1. The molecule has 0 saturated carbocycles. The maximum Gasteiger partial charge on any atom is 0.299 e. The molecule has 0 fully saturated rings. The first-order valence-electron chi connectivity index (χ1n) is 6.52. The van der Waals surface area contributed by atoms with E-state index in [1.807, 2.05) is 0 Å². The highest BCUT2D eigenvalue weighted by Crippen LogP contribution is 2.28. The first-order valence-corrected chi connectivity index (χ1v) is 7.27. The molecule has 0 aliphatic carbocycles. The number of oxazole rings is 1. The zero-order valence-corrected chi connectivity index (χ0v) is 12.8. The molecule has 3 nitrogen and oxygen atoms in total. The number of rotatable bonds is 4. The van der Waals surface area contributed by atoms with Crippen LogP contribution in [0, 0.1) is 5.82 Å². The first kappa shape index (κ1) is 14.9. The molecule has 112 valence electrons. The molecule has 1 aromatic heterocycles. The molecule has 1 heterocycles. The molecule has 0 amide bonds. The summed E-state index contributed by atoms with van der Waals surface area (Å²) in [7, 11) is 0. The predicted octanol–water partition coefficient (Wildman–Crippen LogP) is 5.45. The standard InChI is InChI=1S/C16H11Cl2FN2O/c17-14-2-1-3-15(18)13(14)8-12-9-20-16(22-12)21-11-6-4-10(19)5-7-11/h1-7,9H,8H2,(H,20,21).